The Kier molecular flexibility index (Phi) is 1.30. The summed E-state index contributed by atoms with van der Waals surface area (Å²) in [5.74, 6) is 0. The Morgan fingerprint density at radius 3 is 2.57 bits per heavy atom. The Morgan fingerprint density at radius 2 is 2.43 bits per heavy atom. The van der Waals surface area contributed by atoms with Gasteiger partial charge in [-0.15, -0.1) is 0 Å². The third kappa shape index (κ3) is 1.14. The lowest BCUT2D eigenvalue weighted by Crippen LogP contribution is -2.17. The fourth-order valence-corrected chi connectivity index (χ4v) is 0.798. The molecule has 1 aliphatic heterocycles. The molecule has 0 aromatic rings. The largest absolute Gasteiger partial charge is 0.392 e. The smallest absolute Gasteiger partial charge is 0.0679 e. The topological polar surface area (TPSA) is 32.3 Å². The molecule has 2 N–H and O–H groups in total. The minimum atomic E-state index is -0.150. The Hall–Kier alpha value is -0.0800. The standard InChI is InChI=1S/C5H10NO/c1-4-2-5(7)3-6-4/h4-7H,1-3H2. The van der Waals surface area contributed by atoms with Gasteiger partial charge in [0.05, 0.1) is 6.10 Å². The number of β-amino-alcohol motifs (C(OH)–C–C–N with tert-alkyl or cyclic N) is 1. The van der Waals surface area contributed by atoms with Crippen LogP contribution in [-0.4, -0.2) is 23.8 Å². The van der Waals surface area contributed by atoms with Gasteiger partial charge in [0.15, 0.2) is 0 Å². The van der Waals surface area contributed by atoms with Crippen LogP contribution in [0.25, 0.3) is 0 Å². The number of aliphatic hydroxyl groups excluding tert-OH is 1. The number of hydrogen-bond donors (Lipinski definition) is 2. The van der Waals surface area contributed by atoms with E-state index in [2.05, 4.69) is 12.2 Å². The van der Waals surface area contributed by atoms with Gasteiger partial charge in [-0.3, -0.25) is 0 Å². The van der Waals surface area contributed by atoms with Crippen molar-refractivity contribution in [3.05, 3.63) is 6.92 Å². The van der Waals surface area contributed by atoms with Crippen molar-refractivity contribution in [1.82, 2.24) is 5.32 Å². The van der Waals surface area contributed by atoms with E-state index in [9.17, 15) is 0 Å². The summed E-state index contributed by atoms with van der Waals surface area (Å²) in [6.45, 7) is 4.43. The molecule has 7 heavy (non-hydrogen) atoms. The lowest BCUT2D eigenvalue weighted by Gasteiger charge is -1.95. The minimum absolute atomic E-state index is 0.150. The van der Waals surface area contributed by atoms with Crippen LogP contribution in [0.15, 0.2) is 0 Å². The molecule has 2 heteroatoms. The molecule has 1 aliphatic rings. The summed E-state index contributed by atoms with van der Waals surface area (Å²) in [6.07, 6.45) is 0.655. The number of rotatable bonds is 0. The van der Waals surface area contributed by atoms with Gasteiger partial charge in [0.25, 0.3) is 0 Å². The molecule has 1 heterocycles. The highest BCUT2D eigenvalue weighted by atomic mass is 16.3. The van der Waals surface area contributed by atoms with E-state index in [0.29, 0.717) is 6.54 Å². The summed E-state index contributed by atoms with van der Waals surface area (Å²) in [6, 6.07) is 0.273. The summed E-state index contributed by atoms with van der Waals surface area (Å²) < 4.78 is 0. The number of hydrogen-bond acceptors (Lipinski definition) is 2. The third-order valence-corrected chi connectivity index (χ3v) is 1.20. The molecule has 0 aromatic heterocycles. The molecule has 2 atom stereocenters. The van der Waals surface area contributed by atoms with Crippen LogP contribution in [0.2, 0.25) is 0 Å². The van der Waals surface area contributed by atoms with Crippen molar-refractivity contribution in [2.24, 2.45) is 0 Å². The van der Waals surface area contributed by atoms with Crippen molar-refractivity contribution < 1.29 is 5.11 Å². The minimum Gasteiger partial charge on any atom is -0.392 e. The Balaban J connectivity index is 2.26. The highest BCUT2D eigenvalue weighted by molar-refractivity contribution is 4.81. The molecule has 1 fully saturated rings. The van der Waals surface area contributed by atoms with Crippen molar-refractivity contribution in [3.8, 4) is 0 Å². The van der Waals surface area contributed by atoms with Crippen molar-refractivity contribution in [2.45, 2.75) is 18.6 Å². The van der Waals surface area contributed by atoms with Crippen molar-refractivity contribution in [2.75, 3.05) is 6.54 Å². The molecule has 1 radical (unpaired) electrons. The van der Waals surface area contributed by atoms with Crippen molar-refractivity contribution in [1.29, 1.82) is 0 Å². The second kappa shape index (κ2) is 1.80. The molecule has 0 aromatic carbocycles. The molecule has 0 bridgehead atoms. The first-order valence-corrected chi connectivity index (χ1v) is 2.53. The predicted molar refractivity (Wildman–Crippen MR) is 27.8 cm³/mol. The number of nitrogens with one attached hydrogen (secondary N) is 1. The van der Waals surface area contributed by atoms with Gasteiger partial charge in [0.1, 0.15) is 0 Å². The Labute approximate surface area is 43.5 Å². The van der Waals surface area contributed by atoms with E-state index in [4.69, 9.17) is 5.11 Å². The van der Waals surface area contributed by atoms with E-state index >= 15 is 0 Å². The lowest BCUT2D eigenvalue weighted by molar-refractivity contribution is 0.194. The van der Waals surface area contributed by atoms with E-state index in [0.717, 1.165) is 6.42 Å². The second-order valence-corrected chi connectivity index (χ2v) is 1.99. The molecule has 1 rings (SSSR count). The molecule has 0 saturated carbocycles. The van der Waals surface area contributed by atoms with Gasteiger partial charge in [-0.2, -0.15) is 0 Å². The van der Waals surface area contributed by atoms with Gasteiger partial charge < -0.3 is 10.4 Å². The summed E-state index contributed by atoms with van der Waals surface area (Å²) in [5.41, 5.74) is 0. The van der Waals surface area contributed by atoms with Crippen LogP contribution in [-0.2, 0) is 0 Å². The van der Waals surface area contributed by atoms with Crippen LogP contribution in [0, 0.1) is 6.92 Å². The highest BCUT2D eigenvalue weighted by Crippen LogP contribution is 2.02. The van der Waals surface area contributed by atoms with Crippen LogP contribution < -0.4 is 5.32 Å². The second-order valence-electron chi connectivity index (χ2n) is 1.99. The molecule has 41 valence electrons. The quantitative estimate of drug-likeness (QED) is 0.432. The summed E-state index contributed by atoms with van der Waals surface area (Å²) >= 11 is 0. The maximum atomic E-state index is 8.80. The third-order valence-electron chi connectivity index (χ3n) is 1.20. The fourth-order valence-electron chi connectivity index (χ4n) is 0.798. The zero-order valence-electron chi connectivity index (χ0n) is 4.22. The van der Waals surface area contributed by atoms with Gasteiger partial charge in [-0.25, -0.2) is 0 Å². The van der Waals surface area contributed by atoms with E-state index in [1.54, 1.807) is 0 Å². The lowest BCUT2D eigenvalue weighted by atomic mass is 10.2. The Morgan fingerprint density at radius 1 is 1.71 bits per heavy atom. The van der Waals surface area contributed by atoms with Crippen LogP contribution >= 0.6 is 0 Å². The molecule has 2 nitrogen and oxygen atoms in total. The first-order chi connectivity index (χ1) is 3.29. The monoisotopic (exact) mass is 100 g/mol. The molecular weight excluding hydrogens is 90.1 g/mol. The Bertz CT molecular complexity index is 57.1. The van der Waals surface area contributed by atoms with Gasteiger partial charge >= 0.3 is 0 Å². The highest BCUT2D eigenvalue weighted by Gasteiger charge is 2.16. The van der Waals surface area contributed by atoms with Crippen LogP contribution in [0.1, 0.15) is 6.42 Å². The maximum absolute atomic E-state index is 8.80. The van der Waals surface area contributed by atoms with E-state index in [-0.39, 0.29) is 12.1 Å². The average molecular weight is 100 g/mol. The summed E-state index contributed by atoms with van der Waals surface area (Å²) in [7, 11) is 0. The van der Waals surface area contributed by atoms with E-state index < -0.39 is 0 Å². The molecule has 0 spiro atoms. The zero-order chi connectivity index (χ0) is 5.28. The first-order valence-electron chi connectivity index (χ1n) is 2.53. The molecule has 0 aliphatic carbocycles. The van der Waals surface area contributed by atoms with Crippen LogP contribution in [0.3, 0.4) is 0 Å². The molecule has 1 saturated heterocycles. The number of aliphatic hydroxyl groups is 1. The maximum Gasteiger partial charge on any atom is 0.0679 e. The summed E-state index contributed by atoms with van der Waals surface area (Å²) in [5, 5.41) is 11.8. The van der Waals surface area contributed by atoms with Gasteiger partial charge in [0.2, 0.25) is 0 Å². The van der Waals surface area contributed by atoms with Crippen LogP contribution in [0.4, 0.5) is 0 Å². The predicted octanol–water partition coefficient (Wildman–Crippen LogP) is -0.457. The van der Waals surface area contributed by atoms with Crippen LogP contribution in [0.5, 0.6) is 0 Å². The van der Waals surface area contributed by atoms with Gasteiger partial charge in [-0.1, -0.05) is 0 Å². The molecule has 0 amide bonds. The van der Waals surface area contributed by atoms with E-state index in [1.165, 1.54) is 0 Å². The van der Waals surface area contributed by atoms with Crippen molar-refractivity contribution >= 4 is 0 Å². The average Bonchev–Trinajstić information content (AvgIpc) is 1.87. The van der Waals surface area contributed by atoms with Gasteiger partial charge in [0, 0.05) is 12.6 Å². The fraction of sp³-hybridized carbons (Fsp3) is 0.800. The molecule has 2 unspecified atom stereocenters. The van der Waals surface area contributed by atoms with Crippen molar-refractivity contribution in [3.63, 3.8) is 0 Å². The van der Waals surface area contributed by atoms with E-state index in [1.807, 2.05) is 0 Å². The zero-order valence-corrected chi connectivity index (χ0v) is 4.22. The summed E-state index contributed by atoms with van der Waals surface area (Å²) in [4.78, 5) is 0. The SMILES string of the molecule is [CH2]C1CC(O)CN1. The molecular formula is C5H10NO. The van der Waals surface area contributed by atoms with Gasteiger partial charge in [-0.05, 0) is 13.3 Å². The normalized spacial score (nSPS) is 42.0. The first kappa shape index (κ1) is 5.06.